The van der Waals surface area contributed by atoms with Gasteiger partial charge in [-0.1, -0.05) is 6.92 Å². The Morgan fingerprint density at radius 1 is 1.44 bits per heavy atom. The highest BCUT2D eigenvalue weighted by molar-refractivity contribution is 5.44. The lowest BCUT2D eigenvalue weighted by atomic mass is 10.1. The Balaban J connectivity index is 2.52. The number of hydrogen-bond donors (Lipinski definition) is 1. The minimum Gasteiger partial charge on any atom is -0.324 e. The summed E-state index contributed by atoms with van der Waals surface area (Å²) in [5.41, 5.74) is 7.62. The van der Waals surface area contributed by atoms with Crippen molar-refractivity contribution < 1.29 is 4.39 Å². The minimum atomic E-state index is -0.261. The molecule has 2 aromatic rings. The second-order valence-corrected chi connectivity index (χ2v) is 4.46. The van der Waals surface area contributed by atoms with Crippen LogP contribution in [-0.2, 0) is 6.42 Å². The Kier molecular flexibility index (Phi) is 3.77. The standard InChI is InChI=1S/C14H18FN3/c1-3-4-14-17-7-8-18(14)13-6-5-11(15)9-12(13)10(2)16/h5-10H,3-4,16H2,1-2H3/t10-/m0/s1. The summed E-state index contributed by atoms with van der Waals surface area (Å²) in [6, 6.07) is 4.49. The van der Waals surface area contributed by atoms with E-state index in [-0.39, 0.29) is 11.9 Å². The zero-order valence-electron chi connectivity index (χ0n) is 10.7. The molecule has 1 atom stereocenters. The number of halogens is 1. The maximum atomic E-state index is 13.3. The van der Waals surface area contributed by atoms with Crippen molar-refractivity contribution in [1.82, 2.24) is 9.55 Å². The number of aromatic nitrogens is 2. The van der Waals surface area contributed by atoms with E-state index in [0.29, 0.717) is 0 Å². The topological polar surface area (TPSA) is 43.8 Å². The van der Waals surface area contributed by atoms with Crippen molar-refractivity contribution in [3.63, 3.8) is 0 Å². The van der Waals surface area contributed by atoms with Gasteiger partial charge >= 0.3 is 0 Å². The molecule has 0 bridgehead atoms. The summed E-state index contributed by atoms with van der Waals surface area (Å²) in [6.07, 6.45) is 5.57. The fraction of sp³-hybridized carbons (Fsp3) is 0.357. The fourth-order valence-corrected chi connectivity index (χ4v) is 2.07. The van der Waals surface area contributed by atoms with E-state index in [1.165, 1.54) is 12.1 Å². The average Bonchev–Trinajstić information content (AvgIpc) is 2.77. The van der Waals surface area contributed by atoms with Gasteiger partial charge in [0.05, 0.1) is 5.69 Å². The molecule has 0 saturated carbocycles. The van der Waals surface area contributed by atoms with Crippen LogP contribution in [0.15, 0.2) is 30.6 Å². The summed E-state index contributed by atoms with van der Waals surface area (Å²) < 4.78 is 15.3. The molecule has 1 aromatic carbocycles. The van der Waals surface area contributed by atoms with Gasteiger partial charge in [-0.25, -0.2) is 9.37 Å². The smallest absolute Gasteiger partial charge is 0.123 e. The Morgan fingerprint density at radius 2 is 2.22 bits per heavy atom. The molecule has 0 radical (unpaired) electrons. The average molecular weight is 247 g/mol. The zero-order valence-corrected chi connectivity index (χ0v) is 10.7. The Hall–Kier alpha value is -1.68. The van der Waals surface area contributed by atoms with Gasteiger partial charge in [0.1, 0.15) is 11.6 Å². The Morgan fingerprint density at radius 3 is 2.89 bits per heavy atom. The van der Waals surface area contributed by atoms with E-state index in [4.69, 9.17) is 5.73 Å². The molecule has 96 valence electrons. The third-order valence-electron chi connectivity index (χ3n) is 2.93. The lowest BCUT2D eigenvalue weighted by molar-refractivity contribution is 0.621. The normalized spacial score (nSPS) is 12.7. The molecule has 0 aliphatic carbocycles. The predicted molar refractivity (Wildman–Crippen MR) is 70.1 cm³/mol. The molecular formula is C14H18FN3. The van der Waals surface area contributed by atoms with E-state index in [1.54, 1.807) is 12.3 Å². The summed E-state index contributed by atoms with van der Waals surface area (Å²) in [5, 5.41) is 0. The Labute approximate surface area is 106 Å². The summed E-state index contributed by atoms with van der Waals surface area (Å²) >= 11 is 0. The van der Waals surface area contributed by atoms with Crippen LogP contribution in [0.1, 0.15) is 37.7 Å². The molecule has 2 N–H and O–H groups in total. The van der Waals surface area contributed by atoms with E-state index in [9.17, 15) is 4.39 Å². The molecule has 0 spiro atoms. The van der Waals surface area contributed by atoms with Crippen molar-refractivity contribution in [2.24, 2.45) is 5.73 Å². The van der Waals surface area contributed by atoms with Crippen LogP contribution in [0, 0.1) is 5.82 Å². The van der Waals surface area contributed by atoms with Gasteiger partial charge in [0.15, 0.2) is 0 Å². The zero-order chi connectivity index (χ0) is 13.1. The van der Waals surface area contributed by atoms with Crippen LogP contribution < -0.4 is 5.73 Å². The Bertz CT molecular complexity index is 532. The highest BCUT2D eigenvalue weighted by Crippen LogP contribution is 2.23. The predicted octanol–water partition coefficient (Wildman–Crippen LogP) is 2.98. The highest BCUT2D eigenvalue weighted by Gasteiger charge is 2.12. The first-order chi connectivity index (χ1) is 8.63. The first kappa shape index (κ1) is 12.8. The van der Waals surface area contributed by atoms with Crippen LogP contribution in [0.2, 0.25) is 0 Å². The van der Waals surface area contributed by atoms with Crippen molar-refractivity contribution in [2.45, 2.75) is 32.7 Å². The fourth-order valence-electron chi connectivity index (χ4n) is 2.07. The van der Waals surface area contributed by atoms with Gasteiger partial charge < -0.3 is 10.3 Å². The lowest BCUT2D eigenvalue weighted by Crippen LogP contribution is -2.11. The monoisotopic (exact) mass is 247 g/mol. The van der Waals surface area contributed by atoms with Crippen LogP contribution in [0.3, 0.4) is 0 Å². The van der Waals surface area contributed by atoms with Gasteiger partial charge in [-0.15, -0.1) is 0 Å². The number of aryl methyl sites for hydroxylation is 1. The van der Waals surface area contributed by atoms with Gasteiger partial charge in [0.25, 0.3) is 0 Å². The van der Waals surface area contributed by atoms with Crippen LogP contribution in [0.4, 0.5) is 4.39 Å². The van der Waals surface area contributed by atoms with Crippen LogP contribution in [0.5, 0.6) is 0 Å². The summed E-state index contributed by atoms with van der Waals surface area (Å²) in [5.74, 6) is 0.717. The van der Waals surface area contributed by atoms with Crippen molar-refractivity contribution >= 4 is 0 Å². The number of rotatable bonds is 4. The molecule has 1 aromatic heterocycles. The van der Waals surface area contributed by atoms with Gasteiger partial charge in [0.2, 0.25) is 0 Å². The maximum absolute atomic E-state index is 13.3. The van der Waals surface area contributed by atoms with E-state index in [1.807, 2.05) is 17.7 Å². The maximum Gasteiger partial charge on any atom is 0.123 e. The molecule has 0 aliphatic heterocycles. The van der Waals surface area contributed by atoms with Crippen LogP contribution in [-0.4, -0.2) is 9.55 Å². The van der Waals surface area contributed by atoms with Crippen molar-refractivity contribution in [3.05, 3.63) is 47.8 Å². The first-order valence-electron chi connectivity index (χ1n) is 6.21. The minimum absolute atomic E-state index is 0.215. The van der Waals surface area contributed by atoms with E-state index < -0.39 is 0 Å². The molecule has 0 fully saturated rings. The van der Waals surface area contributed by atoms with Crippen molar-refractivity contribution in [3.8, 4) is 5.69 Å². The van der Waals surface area contributed by atoms with Crippen molar-refractivity contribution in [2.75, 3.05) is 0 Å². The SMILES string of the molecule is CCCc1nccn1-c1ccc(F)cc1[C@H](C)N. The van der Waals surface area contributed by atoms with Crippen LogP contribution >= 0.6 is 0 Å². The molecule has 0 aliphatic rings. The molecular weight excluding hydrogens is 229 g/mol. The number of hydrogen-bond acceptors (Lipinski definition) is 2. The molecule has 2 rings (SSSR count). The highest BCUT2D eigenvalue weighted by atomic mass is 19.1. The summed E-state index contributed by atoms with van der Waals surface area (Å²) in [4.78, 5) is 4.33. The van der Waals surface area contributed by atoms with Gasteiger partial charge in [-0.05, 0) is 37.1 Å². The second kappa shape index (κ2) is 5.31. The van der Waals surface area contributed by atoms with Gasteiger partial charge in [0, 0.05) is 24.9 Å². The largest absolute Gasteiger partial charge is 0.324 e. The number of imidazole rings is 1. The molecule has 0 saturated heterocycles. The van der Waals surface area contributed by atoms with E-state index in [0.717, 1.165) is 29.9 Å². The lowest BCUT2D eigenvalue weighted by Gasteiger charge is -2.15. The number of nitrogens with zero attached hydrogens (tertiary/aromatic N) is 2. The molecule has 0 unspecified atom stereocenters. The third-order valence-corrected chi connectivity index (χ3v) is 2.93. The van der Waals surface area contributed by atoms with E-state index in [2.05, 4.69) is 11.9 Å². The number of nitrogens with two attached hydrogens (primary N) is 1. The summed E-state index contributed by atoms with van der Waals surface area (Å²) in [6.45, 7) is 3.96. The molecule has 1 heterocycles. The molecule has 0 amide bonds. The van der Waals surface area contributed by atoms with Crippen molar-refractivity contribution in [1.29, 1.82) is 0 Å². The summed E-state index contributed by atoms with van der Waals surface area (Å²) in [7, 11) is 0. The van der Waals surface area contributed by atoms with Gasteiger partial charge in [-0.2, -0.15) is 0 Å². The van der Waals surface area contributed by atoms with Crippen LogP contribution in [0.25, 0.3) is 5.69 Å². The third kappa shape index (κ3) is 2.43. The second-order valence-electron chi connectivity index (χ2n) is 4.46. The van der Waals surface area contributed by atoms with Gasteiger partial charge in [-0.3, -0.25) is 0 Å². The quantitative estimate of drug-likeness (QED) is 0.902. The molecule has 4 heteroatoms. The van der Waals surface area contributed by atoms with E-state index >= 15 is 0 Å². The molecule has 18 heavy (non-hydrogen) atoms. The molecule has 3 nitrogen and oxygen atoms in total. The number of benzene rings is 1. The first-order valence-corrected chi connectivity index (χ1v) is 6.21.